The second-order valence-electron chi connectivity index (χ2n) is 8.60. The number of benzene rings is 1. The predicted molar refractivity (Wildman–Crippen MR) is 127 cm³/mol. The van der Waals surface area contributed by atoms with E-state index in [4.69, 9.17) is 14.7 Å². The zero-order valence-corrected chi connectivity index (χ0v) is 18.6. The van der Waals surface area contributed by atoms with Gasteiger partial charge in [-0.1, -0.05) is 12.1 Å². The Bertz CT molecular complexity index is 1230. The Morgan fingerprint density at radius 1 is 1.16 bits per heavy atom. The molecule has 2 fully saturated rings. The summed E-state index contributed by atoms with van der Waals surface area (Å²) in [5.74, 6) is 1.86. The summed E-state index contributed by atoms with van der Waals surface area (Å²) >= 11 is 1.86. The summed E-state index contributed by atoms with van der Waals surface area (Å²) in [7, 11) is 0. The minimum Gasteiger partial charge on any atom is -0.378 e. The first-order valence-corrected chi connectivity index (χ1v) is 12.0. The fourth-order valence-corrected chi connectivity index (χ4v) is 6.00. The number of nitrogens with one attached hydrogen (secondary N) is 1. The number of nitrogens with zero attached hydrogens (tertiary/aromatic N) is 4. The van der Waals surface area contributed by atoms with Crippen molar-refractivity contribution in [2.45, 2.75) is 32.4 Å². The second kappa shape index (κ2) is 7.89. The number of anilines is 1. The van der Waals surface area contributed by atoms with Crippen molar-refractivity contribution < 1.29 is 4.74 Å². The third-order valence-electron chi connectivity index (χ3n) is 6.60. The van der Waals surface area contributed by atoms with Gasteiger partial charge in [0.1, 0.15) is 0 Å². The Hall–Kier alpha value is -2.48. The fraction of sp³-hybridized carbons (Fsp3) is 0.417. The molecule has 1 N–H and O–H groups in total. The van der Waals surface area contributed by atoms with Crippen LogP contribution in [0.5, 0.6) is 0 Å². The van der Waals surface area contributed by atoms with E-state index in [2.05, 4.69) is 52.0 Å². The Kier molecular flexibility index (Phi) is 4.89. The van der Waals surface area contributed by atoms with Crippen LogP contribution in [0.2, 0.25) is 0 Å². The summed E-state index contributed by atoms with van der Waals surface area (Å²) in [5.41, 5.74) is 3.25. The Balaban J connectivity index is 1.48. The number of thiophene rings is 1. The van der Waals surface area contributed by atoms with Gasteiger partial charge in [0.25, 0.3) is 0 Å². The molecule has 3 aromatic heterocycles. The highest BCUT2D eigenvalue weighted by Crippen LogP contribution is 2.37. The number of ether oxygens (including phenoxy) is 1. The van der Waals surface area contributed by atoms with E-state index in [9.17, 15) is 0 Å². The SMILES string of the molecule is CC1CCCN1Cc1cc2nc(-c3cccc4[nH]ccc34)nc(N3CCOCC3)c2s1. The zero-order valence-electron chi connectivity index (χ0n) is 17.8. The van der Waals surface area contributed by atoms with E-state index in [1.165, 1.54) is 29.0 Å². The lowest BCUT2D eigenvalue weighted by Gasteiger charge is -2.28. The van der Waals surface area contributed by atoms with Gasteiger partial charge in [0.2, 0.25) is 0 Å². The van der Waals surface area contributed by atoms with E-state index in [0.29, 0.717) is 6.04 Å². The van der Waals surface area contributed by atoms with Crippen molar-refractivity contribution in [1.82, 2.24) is 19.9 Å². The number of hydrogen-bond donors (Lipinski definition) is 1. The number of hydrogen-bond acceptors (Lipinski definition) is 6. The molecule has 0 amide bonds. The van der Waals surface area contributed by atoms with E-state index in [-0.39, 0.29) is 0 Å². The van der Waals surface area contributed by atoms with Crippen LogP contribution in [0.3, 0.4) is 0 Å². The normalized spacial score (nSPS) is 20.3. The number of H-pyrrole nitrogens is 1. The molecule has 4 aromatic rings. The minimum atomic E-state index is 0.664. The molecule has 1 aromatic carbocycles. The predicted octanol–water partition coefficient (Wildman–Crippen LogP) is 4.66. The topological polar surface area (TPSA) is 57.3 Å². The quantitative estimate of drug-likeness (QED) is 0.507. The highest BCUT2D eigenvalue weighted by atomic mass is 32.1. The van der Waals surface area contributed by atoms with Crippen molar-refractivity contribution in [3.8, 4) is 11.4 Å². The van der Waals surface area contributed by atoms with Crippen molar-refractivity contribution >= 4 is 38.3 Å². The zero-order chi connectivity index (χ0) is 20.8. The van der Waals surface area contributed by atoms with Gasteiger partial charge in [-0.3, -0.25) is 4.90 Å². The molecule has 0 bridgehead atoms. The summed E-state index contributed by atoms with van der Waals surface area (Å²) in [5, 5.41) is 1.16. The molecule has 0 spiro atoms. The van der Waals surface area contributed by atoms with Gasteiger partial charge in [-0.25, -0.2) is 9.97 Å². The van der Waals surface area contributed by atoms with Crippen LogP contribution in [0.1, 0.15) is 24.6 Å². The van der Waals surface area contributed by atoms with Crippen LogP contribution in [-0.2, 0) is 11.3 Å². The fourth-order valence-electron chi connectivity index (χ4n) is 4.86. The van der Waals surface area contributed by atoms with Crippen molar-refractivity contribution in [1.29, 1.82) is 0 Å². The molecule has 7 heteroatoms. The van der Waals surface area contributed by atoms with Gasteiger partial charge in [0.05, 0.1) is 23.4 Å². The van der Waals surface area contributed by atoms with Gasteiger partial charge in [-0.15, -0.1) is 11.3 Å². The van der Waals surface area contributed by atoms with E-state index in [0.717, 1.165) is 66.5 Å². The summed E-state index contributed by atoms with van der Waals surface area (Å²) in [6.45, 7) is 7.78. The average molecular weight is 434 g/mol. The van der Waals surface area contributed by atoms with Crippen molar-refractivity contribution in [3.63, 3.8) is 0 Å². The average Bonchev–Trinajstić information content (AvgIpc) is 3.53. The molecule has 2 aliphatic rings. The summed E-state index contributed by atoms with van der Waals surface area (Å²) in [4.78, 5) is 19.8. The van der Waals surface area contributed by atoms with E-state index < -0.39 is 0 Å². The van der Waals surface area contributed by atoms with Crippen molar-refractivity contribution in [2.24, 2.45) is 0 Å². The molecule has 6 rings (SSSR count). The number of aromatic nitrogens is 3. The number of fused-ring (bicyclic) bond motifs is 2. The van der Waals surface area contributed by atoms with Crippen LogP contribution >= 0.6 is 11.3 Å². The van der Waals surface area contributed by atoms with Gasteiger partial charge in [-0.05, 0) is 44.5 Å². The number of morpholine rings is 1. The summed E-state index contributed by atoms with van der Waals surface area (Å²) in [6.07, 6.45) is 4.58. The van der Waals surface area contributed by atoms with Gasteiger partial charge in [0.15, 0.2) is 11.6 Å². The minimum absolute atomic E-state index is 0.664. The van der Waals surface area contributed by atoms with Gasteiger partial charge >= 0.3 is 0 Å². The van der Waals surface area contributed by atoms with Crippen molar-refractivity contribution in [2.75, 3.05) is 37.7 Å². The molecular formula is C24H27N5OS. The van der Waals surface area contributed by atoms with Crippen LogP contribution < -0.4 is 4.90 Å². The number of likely N-dealkylation sites (tertiary alicyclic amines) is 1. The van der Waals surface area contributed by atoms with Crippen LogP contribution in [0.15, 0.2) is 36.5 Å². The highest BCUT2D eigenvalue weighted by molar-refractivity contribution is 7.19. The molecule has 1 unspecified atom stereocenters. The largest absolute Gasteiger partial charge is 0.378 e. The van der Waals surface area contributed by atoms with E-state index in [1.807, 2.05) is 17.5 Å². The number of rotatable bonds is 4. The molecule has 1 atom stereocenters. The lowest BCUT2D eigenvalue weighted by Crippen LogP contribution is -2.36. The van der Waals surface area contributed by atoms with Crippen LogP contribution in [0.25, 0.3) is 32.5 Å². The maximum Gasteiger partial charge on any atom is 0.162 e. The molecule has 160 valence electrons. The van der Waals surface area contributed by atoms with Crippen LogP contribution in [-0.4, -0.2) is 58.7 Å². The molecule has 0 radical (unpaired) electrons. The Morgan fingerprint density at radius 3 is 2.90 bits per heavy atom. The molecule has 0 saturated carbocycles. The highest BCUT2D eigenvalue weighted by Gasteiger charge is 2.24. The molecule has 2 aliphatic heterocycles. The smallest absolute Gasteiger partial charge is 0.162 e. The molecule has 0 aliphatic carbocycles. The monoisotopic (exact) mass is 433 g/mol. The lowest BCUT2D eigenvalue weighted by atomic mass is 10.1. The molecule has 6 nitrogen and oxygen atoms in total. The van der Waals surface area contributed by atoms with Gasteiger partial charge in [-0.2, -0.15) is 0 Å². The standard InChI is InChI=1S/C24H27N5OS/c1-16-4-3-9-29(16)15-17-14-21-22(31-17)24(28-10-12-30-13-11-28)27-23(26-21)19-5-2-6-20-18(19)7-8-25-20/h2,5-8,14,16,25H,3-4,9-13,15H2,1H3. The van der Waals surface area contributed by atoms with E-state index >= 15 is 0 Å². The molecular weight excluding hydrogens is 406 g/mol. The maximum atomic E-state index is 5.61. The van der Waals surface area contributed by atoms with Gasteiger partial charge in [0, 0.05) is 53.2 Å². The van der Waals surface area contributed by atoms with Crippen LogP contribution in [0, 0.1) is 0 Å². The van der Waals surface area contributed by atoms with Gasteiger partial charge < -0.3 is 14.6 Å². The first-order valence-electron chi connectivity index (χ1n) is 11.2. The Labute approximate surface area is 185 Å². The van der Waals surface area contributed by atoms with E-state index in [1.54, 1.807) is 0 Å². The molecule has 31 heavy (non-hydrogen) atoms. The first kappa shape index (κ1) is 19.2. The Morgan fingerprint density at radius 2 is 2.06 bits per heavy atom. The molecule has 5 heterocycles. The second-order valence-corrected chi connectivity index (χ2v) is 9.74. The third-order valence-corrected chi connectivity index (χ3v) is 7.71. The van der Waals surface area contributed by atoms with Crippen molar-refractivity contribution in [3.05, 3.63) is 41.4 Å². The summed E-state index contributed by atoms with van der Waals surface area (Å²) in [6, 6.07) is 11.4. The number of aromatic amines is 1. The molecule has 2 saturated heterocycles. The van der Waals surface area contributed by atoms with Crippen LogP contribution in [0.4, 0.5) is 5.82 Å². The lowest BCUT2D eigenvalue weighted by molar-refractivity contribution is 0.122. The maximum absolute atomic E-state index is 5.61. The third kappa shape index (κ3) is 3.50. The first-order chi connectivity index (χ1) is 15.3. The summed E-state index contributed by atoms with van der Waals surface area (Å²) < 4.78 is 6.81.